The highest BCUT2D eigenvalue weighted by atomic mass is 32.1. The van der Waals surface area contributed by atoms with Crippen LogP contribution >= 0.6 is 11.3 Å². The third kappa shape index (κ3) is 2.24. The van der Waals surface area contributed by atoms with Crippen LogP contribution in [0.2, 0.25) is 0 Å². The van der Waals surface area contributed by atoms with Gasteiger partial charge < -0.3 is 5.11 Å². The Bertz CT molecular complexity index is 526. The van der Waals surface area contributed by atoms with Crippen molar-refractivity contribution in [2.75, 3.05) is 0 Å². The van der Waals surface area contributed by atoms with E-state index >= 15 is 0 Å². The average molecular weight is 246 g/mol. The van der Waals surface area contributed by atoms with Crippen molar-refractivity contribution in [2.24, 2.45) is 0 Å². The molecule has 0 saturated carbocycles. The molecule has 1 aromatic carbocycles. The van der Waals surface area contributed by atoms with Gasteiger partial charge in [-0.2, -0.15) is 0 Å². The highest BCUT2D eigenvalue weighted by Gasteiger charge is 2.30. The first-order valence-electron chi connectivity index (χ1n) is 5.39. The number of rotatable bonds is 3. The first-order chi connectivity index (χ1) is 8.01. The molecule has 2 aromatic rings. The van der Waals surface area contributed by atoms with E-state index < -0.39 is 11.4 Å². The second kappa shape index (κ2) is 4.34. The van der Waals surface area contributed by atoms with Gasteiger partial charge in [0.05, 0.1) is 5.41 Å². The van der Waals surface area contributed by atoms with E-state index in [1.54, 1.807) is 25.2 Å². The normalized spacial score (nSPS) is 11.4. The SMILES string of the molecule is CC(C)(C(=O)O)c1csc(-c2ccccc2)c1. The summed E-state index contributed by atoms with van der Waals surface area (Å²) < 4.78 is 0. The summed E-state index contributed by atoms with van der Waals surface area (Å²) in [6.45, 7) is 3.46. The van der Waals surface area contributed by atoms with Crippen molar-refractivity contribution in [3.8, 4) is 10.4 Å². The number of thiophene rings is 1. The fourth-order valence-corrected chi connectivity index (χ4v) is 2.63. The van der Waals surface area contributed by atoms with Crippen molar-refractivity contribution >= 4 is 17.3 Å². The Balaban J connectivity index is 2.38. The van der Waals surface area contributed by atoms with E-state index in [0.29, 0.717) is 0 Å². The zero-order valence-electron chi connectivity index (χ0n) is 9.81. The zero-order chi connectivity index (χ0) is 12.5. The van der Waals surface area contributed by atoms with Crippen molar-refractivity contribution in [3.63, 3.8) is 0 Å². The summed E-state index contributed by atoms with van der Waals surface area (Å²) in [5.74, 6) is -0.796. The van der Waals surface area contributed by atoms with E-state index in [2.05, 4.69) is 0 Å². The van der Waals surface area contributed by atoms with Gasteiger partial charge in [-0.1, -0.05) is 30.3 Å². The number of benzene rings is 1. The molecule has 0 bridgehead atoms. The number of hydrogen-bond donors (Lipinski definition) is 1. The Labute approximate surface area is 105 Å². The standard InChI is InChI=1S/C14H14O2S/c1-14(2,13(15)16)11-8-12(17-9-11)10-6-4-3-5-7-10/h3-9H,1-2H3,(H,15,16). The van der Waals surface area contributed by atoms with E-state index in [9.17, 15) is 9.90 Å². The Morgan fingerprint density at radius 1 is 1.24 bits per heavy atom. The fraction of sp³-hybridized carbons (Fsp3) is 0.214. The lowest BCUT2D eigenvalue weighted by Gasteiger charge is -2.17. The Morgan fingerprint density at radius 2 is 1.88 bits per heavy atom. The molecule has 0 unspecified atom stereocenters. The Hall–Kier alpha value is -1.61. The molecular weight excluding hydrogens is 232 g/mol. The Kier molecular flexibility index (Phi) is 3.03. The quantitative estimate of drug-likeness (QED) is 0.895. The van der Waals surface area contributed by atoms with Gasteiger partial charge >= 0.3 is 5.97 Å². The van der Waals surface area contributed by atoms with Crippen molar-refractivity contribution in [3.05, 3.63) is 47.3 Å². The minimum absolute atomic E-state index is 0.796. The van der Waals surface area contributed by atoms with Crippen molar-refractivity contribution in [2.45, 2.75) is 19.3 Å². The van der Waals surface area contributed by atoms with Crippen LogP contribution in [0.1, 0.15) is 19.4 Å². The molecule has 1 N–H and O–H groups in total. The Morgan fingerprint density at radius 3 is 2.47 bits per heavy atom. The molecule has 0 saturated heterocycles. The van der Waals surface area contributed by atoms with Gasteiger partial charge in [0.15, 0.2) is 0 Å². The first kappa shape index (κ1) is 11.9. The van der Waals surface area contributed by atoms with Gasteiger partial charge in [0, 0.05) is 4.88 Å². The third-order valence-electron chi connectivity index (χ3n) is 2.91. The predicted octanol–water partition coefficient (Wildman–Crippen LogP) is 3.78. The van der Waals surface area contributed by atoms with Crippen LogP contribution in [-0.4, -0.2) is 11.1 Å². The summed E-state index contributed by atoms with van der Waals surface area (Å²) in [5, 5.41) is 11.1. The summed E-state index contributed by atoms with van der Waals surface area (Å²) in [5.41, 5.74) is 1.16. The molecular formula is C14H14O2S. The van der Waals surface area contributed by atoms with Crippen LogP contribution < -0.4 is 0 Å². The van der Waals surface area contributed by atoms with Crippen LogP contribution in [0, 0.1) is 0 Å². The second-order valence-electron chi connectivity index (χ2n) is 4.50. The van der Waals surface area contributed by atoms with Gasteiger partial charge in [-0.15, -0.1) is 11.3 Å². The molecule has 88 valence electrons. The van der Waals surface area contributed by atoms with Crippen LogP contribution in [0.15, 0.2) is 41.8 Å². The van der Waals surface area contributed by atoms with Gasteiger partial charge in [0.25, 0.3) is 0 Å². The molecule has 0 aliphatic rings. The van der Waals surface area contributed by atoms with E-state index in [1.807, 2.05) is 41.8 Å². The van der Waals surface area contributed by atoms with Gasteiger partial charge in [-0.05, 0) is 36.4 Å². The lowest BCUT2D eigenvalue weighted by Crippen LogP contribution is -2.27. The molecule has 0 atom stereocenters. The van der Waals surface area contributed by atoms with Crippen LogP contribution in [0.3, 0.4) is 0 Å². The smallest absolute Gasteiger partial charge is 0.313 e. The summed E-state index contributed by atoms with van der Waals surface area (Å²) in [4.78, 5) is 12.3. The van der Waals surface area contributed by atoms with Gasteiger partial charge in [0.1, 0.15) is 0 Å². The van der Waals surface area contributed by atoms with Crippen LogP contribution in [0.25, 0.3) is 10.4 Å². The minimum atomic E-state index is -0.830. The van der Waals surface area contributed by atoms with Crippen molar-refractivity contribution < 1.29 is 9.90 Å². The summed E-state index contributed by atoms with van der Waals surface area (Å²) in [7, 11) is 0. The maximum atomic E-state index is 11.2. The molecule has 1 aromatic heterocycles. The third-order valence-corrected chi connectivity index (χ3v) is 3.89. The molecule has 0 radical (unpaired) electrons. The van der Waals surface area contributed by atoms with Gasteiger partial charge in [-0.3, -0.25) is 4.79 Å². The minimum Gasteiger partial charge on any atom is -0.481 e. The van der Waals surface area contributed by atoms with Crippen molar-refractivity contribution in [1.82, 2.24) is 0 Å². The van der Waals surface area contributed by atoms with E-state index in [4.69, 9.17) is 0 Å². The molecule has 0 aliphatic heterocycles. The number of carboxylic acid groups (broad SMARTS) is 1. The largest absolute Gasteiger partial charge is 0.481 e. The monoisotopic (exact) mass is 246 g/mol. The second-order valence-corrected chi connectivity index (χ2v) is 5.41. The van der Waals surface area contributed by atoms with Crippen LogP contribution in [0.4, 0.5) is 0 Å². The zero-order valence-corrected chi connectivity index (χ0v) is 10.6. The van der Waals surface area contributed by atoms with E-state index in [-0.39, 0.29) is 0 Å². The number of carboxylic acids is 1. The highest BCUT2D eigenvalue weighted by Crippen LogP contribution is 2.33. The molecule has 17 heavy (non-hydrogen) atoms. The van der Waals surface area contributed by atoms with Crippen molar-refractivity contribution in [1.29, 1.82) is 0 Å². The number of aliphatic carboxylic acids is 1. The topological polar surface area (TPSA) is 37.3 Å². The van der Waals surface area contributed by atoms with Crippen LogP contribution in [0.5, 0.6) is 0 Å². The molecule has 1 heterocycles. The number of hydrogen-bond acceptors (Lipinski definition) is 2. The number of carbonyl (C=O) groups is 1. The predicted molar refractivity (Wildman–Crippen MR) is 70.4 cm³/mol. The highest BCUT2D eigenvalue weighted by molar-refractivity contribution is 7.13. The van der Waals surface area contributed by atoms with Crippen LogP contribution in [-0.2, 0) is 10.2 Å². The average Bonchev–Trinajstić information content (AvgIpc) is 2.80. The summed E-state index contributed by atoms with van der Waals surface area (Å²) in [6.07, 6.45) is 0. The summed E-state index contributed by atoms with van der Waals surface area (Å²) >= 11 is 1.58. The molecule has 2 nitrogen and oxygen atoms in total. The molecule has 3 heteroatoms. The maximum absolute atomic E-state index is 11.2. The maximum Gasteiger partial charge on any atom is 0.313 e. The summed E-state index contributed by atoms with van der Waals surface area (Å²) in [6, 6.07) is 12.0. The fourth-order valence-electron chi connectivity index (χ4n) is 1.54. The van der Waals surface area contributed by atoms with E-state index in [0.717, 1.165) is 16.0 Å². The molecule has 0 spiro atoms. The molecule has 0 fully saturated rings. The lowest BCUT2D eigenvalue weighted by atomic mass is 9.86. The molecule has 0 aliphatic carbocycles. The lowest BCUT2D eigenvalue weighted by molar-refractivity contribution is -0.142. The molecule has 2 rings (SSSR count). The van der Waals surface area contributed by atoms with E-state index in [1.165, 1.54) is 0 Å². The van der Waals surface area contributed by atoms with Gasteiger partial charge in [-0.25, -0.2) is 0 Å². The molecule has 0 amide bonds. The van der Waals surface area contributed by atoms with Gasteiger partial charge in [0.2, 0.25) is 0 Å². The first-order valence-corrected chi connectivity index (χ1v) is 6.27.